The van der Waals surface area contributed by atoms with Crippen molar-refractivity contribution < 1.29 is 13.7 Å². The van der Waals surface area contributed by atoms with Crippen LogP contribution in [-0.2, 0) is 13.7 Å². The predicted molar refractivity (Wildman–Crippen MR) is 51.7 cm³/mol. The Morgan fingerprint density at radius 2 is 2.14 bits per heavy atom. The van der Waals surface area contributed by atoms with Crippen molar-refractivity contribution >= 4 is 7.91 Å². The van der Waals surface area contributed by atoms with Crippen LogP contribution in [0.25, 0.3) is 0 Å². The van der Waals surface area contributed by atoms with Gasteiger partial charge in [-0.1, -0.05) is 13.3 Å². The number of unbranched alkanes of at least 4 members (excludes halogenated alkanes) is 1. The lowest BCUT2D eigenvalue weighted by atomic mass is 10.3. The second-order valence-corrected chi connectivity index (χ2v) is 3.87. The Morgan fingerprint density at radius 1 is 1.43 bits per heavy atom. The number of nitrogens with zero attached hydrogens (tertiary/aromatic N) is 2. The van der Waals surface area contributed by atoms with Gasteiger partial charge in [-0.15, -0.1) is 0 Å². The molecule has 14 heavy (non-hydrogen) atoms. The standard InChI is InChI=1S/C8H15N2O3P/c1-3-4-5-10-7-6-9(2)8(10)13-14(11)12/h6-8H,3-5H2,1-2H3. The Labute approximate surface area is 84.2 Å². The van der Waals surface area contributed by atoms with Gasteiger partial charge in [-0.3, -0.25) is 0 Å². The Hall–Kier alpha value is -0.800. The molecule has 1 atom stereocenters. The molecule has 0 amide bonds. The van der Waals surface area contributed by atoms with Crippen LogP contribution in [0.3, 0.4) is 0 Å². The quantitative estimate of drug-likeness (QED) is 0.659. The van der Waals surface area contributed by atoms with Crippen LogP contribution in [0, 0.1) is 0 Å². The molecule has 1 aliphatic heterocycles. The molecule has 6 heteroatoms. The zero-order chi connectivity index (χ0) is 10.6. The molecule has 5 nitrogen and oxygen atoms in total. The summed E-state index contributed by atoms with van der Waals surface area (Å²) >= 11 is 0. The first-order chi connectivity index (χ1) is 6.65. The molecule has 0 aliphatic carbocycles. The minimum Gasteiger partial charge on any atom is -0.336 e. The first-order valence-corrected chi connectivity index (χ1v) is 5.72. The van der Waals surface area contributed by atoms with E-state index >= 15 is 0 Å². The highest BCUT2D eigenvalue weighted by Gasteiger charge is 2.25. The second kappa shape index (κ2) is 5.17. The monoisotopic (exact) mass is 218 g/mol. The van der Waals surface area contributed by atoms with E-state index in [0.29, 0.717) is 0 Å². The molecular formula is C8H15N2O3P. The van der Waals surface area contributed by atoms with Gasteiger partial charge in [0.2, 0.25) is 6.35 Å². The molecule has 0 fully saturated rings. The topological polar surface area (TPSA) is 49.9 Å². The third-order valence-electron chi connectivity index (χ3n) is 2.08. The summed E-state index contributed by atoms with van der Waals surface area (Å²) in [6.07, 6.45) is 5.25. The van der Waals surface area contributed by atoms with Crippen molar-refractivity contribution in [2.75, 3.05) is 13.6 Å². The molecule has 1 heterocycles. The maximum Gasteiger partial charge on any atom is 0.471 e. The fourth-order valence-electron chi connectivity index (χ4n) is 1.31. The van der Waals surface area contributed by atoms with E-state index in [1.807, 2.05) is 11.1 Å². The molecule has 0 radical (unpaired) electrons. The molecule has 0 N–H and O–H groups in total. The van der Waals surface area contributed by atoms with Crippen molar-refractivity contribution in [3.8, 4) is 0 Å². The lowest BCUT2D eigenvalue weighted by molar-refractivity contribution is -0.0105. The van der Waals surface area contributed by atoms with E-state index < -0.39 is 14.3 Å². The van der Waals surface area contributed by atoms with Gasteiger partial charge >= 0.3 is 7.91 Å². The molecule has 0 bridgehead atoms. The van der Waals surface area contributed by atoms with Gasteiger partial charge < -0.3 is 9.80 Å². The van der Waals surface area contributed by atoms with Crippen molar-refractivity contribution in [3.05, 3.63) is 12.4 Å². The molecule has 1 aliphatic rings. The second-order valence-electron chi connectivity index (χ2n) is 3.21. The lowest BCUT2D eigenvalue weighted by Crippen LogP contribution is -2.37. The van der Waals surface area contributed by atoms with Gasteiger partial charge in [0.05, 0.1) is 0 Å². The summed E-state index contributed by atoms with van der Waals surface area (Å²) in [5.41, 5.74) is 0. The van der Waals surface area contributed by atoms with Crippen molar-refractivity contribution in [2.45, 2.75) is 26.1 Å². The third-order valence-corrected chi connectivity index (χ3v) is 2.44. The zero-order valence-electron chi connectivity index (χ0n) is 8.42. The Balaban J connectivity index is 2.51. The number of hydrogen-bond acceptors (Lipinski definition) is 5. The van der Waals surface area contributed by atoms with Gasteiger partial charge in [-0.2, -0.15) is 0 Å². The lowest BCUT2D eigenvalue weighted by Gasteiger charge is -2.26. The Bertz CT molecular complexity index is 270. The van der Waals surface area contributed by atoms with Gasteiger partial charge in [0.15, 0.2) is 0 Å². The van der Waals surface area contributed by atoms with Crippen molar-refractivity contribution in [1.29, 1.82) is 0 Å². The average molecular weight is 218 g/mol. The van der Waals surface area contributed by atoms with E-state index in [-0.39, 0.29) is 0 Å². The molecule has 0 aromatic heterocycles. The maximum atomic E-state index is 10.5. The largest absolute Gasteiger partial charge is 0.471 e. The van der Waals surface area contributed by atoms with E-state index in [2.05, 4.69) is 6.92 Å². The van der Waals surface area contributed by atoms with E-state index in [4.69, 9.17) is 4.52 Å². The van der Waals surface area contributed by atoms with Crippen molar-refractivity contribution in [1.82, 2.24) is 9.80 Å². The summed E-state index contributed by atoms with van der Waals surface area (Å²) in [4.78, 5) is 3.59. The SMILES string of the molecule is CCCCN1C=CN(C)C1OP(=O)=O. The van der Waals surface area contributed by atoms with Crippen LogP contribution < -0.4 is 0 Å². The van der Waals surface area contributed by atoms with Gasteiger partial charge in [0.1, 0.15) is 0 Å². The Kier molecular flexibility index (Phi) is 4.17. The van der Waals surface area contributed by atoms with E-state index in [0.717, 1.165) is 19.4 Å². The fourth-order valence-corrected chi connectivity index (χ4v) is 1.73. The molecule has 0 aromatic carbocycles. The van der Waals surface area contributed by atoms with Gasteiger partial charge in [0.25, 0.3) is 0 Å². The van der Waals surface area contributed by atoms with Crippen LogP contribution in [0.5, 0.6) is 0 Å². The zero-order valence-corrected chi connectivity index (χ0v) is 9.31. The summed E-state index contributed by atoms with van der Waals surface area (Å²) in [7, 11) is -1.02. The van der Waals surface area contributed by atoms with Crippen LogP contribution >= 0.6 is 7.91 Å². The predicted octanol–water partition coefficient (Wildman–Crippen LogP) is 1.89. The highest BCUT2D eigenvalue weighted by atomic mass is 31.1. The van der Waals surface area contributed by atoms with E-state index in [9.17, 15) is 9.13 Å². The number of hydrogen-bond donors (Lipinski definition) is 0. The molecule has 1 unspecified atom stereocenters. The minimum absolute atomic E-state index is 0.498. The molecular weight excluding hydrogens is 203 g/mol. The molecule has 0 saturated carbocycles. The van der Waals surface area contributed by atoms with Gasteiger partial charge in [-0.25, -0.2) is 13.7 Å². The Morgan fingerprint density at radius 3 is 2.71 bits per heavy atom. The van der Waals surface area contributed by atoms with Crippen LogP contribution in [0.4, 0.5) is 0 Å². The summed E-state index contributed by atoms with van der Waals surface area (Å²) < 4.78 is 25.7. The first kappa shape index (κ1) is 11.3. The van der Waals surface area contributed by atoms with Crippen LogP contribution in [0.2, 0.25) is 0 Å². The number of rotatable bonds is 5. The van der Waals surface area contributed by atoms with Crippen molar-refractivity contribution in [2.24, 2.45) is 0 Å². The highest BCUT2D eigenvalue weighted by Crippen LogP contribution is 2.21. The average Bonchev–Trinajstić information content (AvgIpc) is 2.45. The smallest absolute Gasteiger partial charge is 0.336 e. The molecule has 0 aromatic rings. The third kappa shape index (κ3) is 2.86. The normalized spacial score (nSPS) is 20.6. The van der Waals surface area contributed by atoms with Gasteiger partial charge in [-0.05, 0) is 6.42 Å². The van der Waals surface area contributed by atoms with E-state index in [1.54, 1.807) is 18.1 Å². The molecule has 0 spiro atoms. The van der Waals surface area contributed by atoms with E-state index in [1.165, 1.54) is 0 Å². The first-order valence-electron chi connectivity index (χ1n) is 4.62. The summed E-state index contributed by atoms with van der Waals surface area (Å²) in [6, 6.07) is 0. The fraction of sp³-hybridized carbons (Fsp3) is 0.750. The van der Waals surface area contributed by atoms with Crippen LogP contribution in [-0.4, -0.2) is 29.7 Å². The molecule has 80 valence electrons. The maximum absolute atomic E-state index is 10.5. The van der Waals surface area contributed by atoms with Crippen molar-refractivity contribution in [3.63, 3.8) is 0 Å². The summed E-state index contributed by atoms with van der Waals surface area (Å²) in [5.74, 6) is 0. The van der Waals surface area contributed by atoms with Crippen LogP contribution in [0.15, 0.2) is 12.4 Å². The molecule has 1 rings (SSSR count). The summed E-state index contributed by atoms with van der Waals surface area (Å²) in [6.45, 7) is 2.90. The van der Waals surface area contributed by atoms with Gasteiger partial charge in [0, 0.05) is 26.0 Å². The summed E-state index contributed by atoms with van der Waals surface area (Å²) in [5, 5.41) is 0. The highest BCUT2D eigenvalue weighted by molar-refractivity contribution is 7.24. The molecule has 0 saturated heterocycles. The van der Waals surface area contributed by atoms with Crippen LogP contribution in [0.1, 0.15) is 19.8 Å². The minimum atomic E-state index is -2.80.